The van der Waals surface area contributed by atoms with E-state index in [2.05, 4.69) is 0 Å². The lowest BCUT2D eigenvalue weighted by Crippen LogP contribution is -2.29. The SMILES string of the molecule is CCCC=CC(=O)NS(=O)(=O)c1cc(C#N)ccc1C. The average Bonchev–Trinajstić information content (AvgIpc) is 2.38. The first-order valence-electron chi connectivity index (χ1n) is 6.14. The van der Waals surface area contributed by atoms with Crippen molar-refractivity contribution >= 4 is 15.9 Å². The molecule has 6 heteroatoms. The van der Waals surface area contributed by atoms with Crippen LogP contribution >= 0.6 is 0 Å². The van der Waals surface area contributed by atoms with Crippen LogP contribution in [0.25, 0.3) is 0 Å². The van der Waals surface area contributed by atoms with Crippen LogP contribution in [0, 0.1) is 18.3 Å². The number of rotatable bonds is 5. The molecule has 0 aromatic heterocycles. The van der Waals surface area contributed by atoms with Gasteiger partial charge in [-0.25, -0.2) is 13.1 Å². The Balaban J connectivity index is 3.00. The topological polar surface area (TPSA) is 87.0 Å². The number of sulfonamides is 1. The van der Waals surface area contributed by atoms with Crippen LogP contribution in [-0.2, 0) is 14.8 Å². The molecular formula is C14H16N2O3S. The van der Waals surface area contributed by atoms with E-state index in [0.717, 1.165) is 6.42 Å². The standard InChI is InChI=1S/C14H16N2O3S/c1-3-4-5-6-14(17)16-20(18,19)13-9-12(10-15)8-7-11(13)2/h5-9H,3-4H2,1-2H3,(H,16,17). The molecule has 0 heterocycles. The molecule has 106 valence electrons. The van der Waals surface area contributed by atoms with Gasteiger partial charge in [-0.05, 0) is 37.1 Å². The van der Waals surface area contributed by atoms with Crippen molar-refractivity contribution in [3.05, 3.63) is 41.5 Å². The fraction of sp³-hybridized carbons (Fsp3) is 0.286. The van der Waals surface area contributed by atoms with Crippen LogP contribution in [0.3, 0.4) is 0 Å². The third-order valence-electron chi connectivity index (χ3n) is 2.57. The fourth-order valence-electron chi connectivity index (χ4n) is 1.54. The Labute approximate surface area is 119 Å². The number of benzene rings is 1. The summed E-state index contributed by atoms with van der Waals surface area (Å²) in [6.07, 6.45) is 4.39. The van der Waals surface area contributed by atoms with Crippen LogP contribution in [0.2, 0.25) is 0 Å². The fourth-order valence-corrected chi connectivity index (χ4v) is 2.75. The molecule has 0 unspecified atom stereocenters. The van der Waals surface area contributed by atoms with Crippen LogP contribution in [0.4, 0.5) is 0 Å². The molecule has 0 aliphatic rings. The Kier molecular flexibility index (Phi) is 5.47. The first-order chi connectivity index (χ1) is 9.40. The van der Waals surface area contributed by atoms with Crippen molar-refractivity contribution in [3.8, 4) is 6.07 Å². The summed E-state index contributed by atoms with van der Waals surface area (Å²) < 4.78 is 26.1. The van der Waals surface area contributed by atoms with Gasteiger partial charge in [0.25, 0.3) is 15.9 Å². The van der Waals surface area contributed by atoms with Gasteiger partial charge in [0.05, 0.1) is 16.5 Å². The molecule has 5 nitrogen and oxygen atoms in total. The Morgan fingerprint density at radius 1 is 1.45 bits per heavy atom. The second-order valence-corrected chi connectivity index (χ2v) is 5.90. The van der Waals surface area contributed by atoms with E-state index in [1.54, 1.807) is 13.0 Å². The molecule has 0 spiro atoms. The Morgan fingerprint density at radius 2 is 2.15 bits per heavy atom. The largest absolute Gasteiger partial charge is 0.269 e. The maximum atomic E-state index is 12.1. The number of carbonyl (C=O) groups excluding carboxylic acids is 1. The van der Waals surface area contributed by atoms with E-state index >= 15 is 0 Å². The van der Waals surface area contributed by atoms with Crippen molar-refractivity contribution in [2.45, 2.75) is 31.6 Å². The molecule has 0 radical (unpaired) electrons. The zero-order valence-electron chi connectivity index (χ0n) is 11.4. The van der Waals surface area contributed by atoms with E-state index in [4.69, 9.17) is 5.26 Å². The number of allylic oxidation sites excluding steroid dienone is 1. The average molecular weight is 292 g/mol. The zero-order valence-corrected chi connectivity index (χ0v) is 12.2. The molecule has 20 heavy (non-hydrogen) atoms. The number of nitriles is 1. The van der Waals surface area contributed by atoms with Gasteiger partial charge in [-0.1, -0.05) is 25.5 Å². The summed E-state index contributed by atoms with van der Waals surface area (Å²) in [7, 11) is -3.96. The van der Waals surface area contributed by atoms with Gasteiger partial charge in [0, 0.05) is 0 Å². The summed E-state index contributed by atoms with van der Waals surface area (Å²) in [5.74, 6) is -0.694. The number of unbranched alkanes of at least 4 members (excludes halogenated alkanes) is 1. The van der Waals surface area contributed by atoms with Crippen LogP contribution in [0.5, 0.6) is 0 Å². The lowest BCUT2D eigenvalue weighted by atomic mass is 10.2. The summed E-state index contributed by atoms with van der Waals surface area (Å²) in [4.78, 5) is 11.5. The number of amides is 1. The summed E-state index contributed by atoms with van der Waals surface area (Å²) in [6, 6.07) is 6.18. The van der Waals surface area contributed by atoms with E-state index in [9.17, 15) is 13.2 Å². The number of aryl methyl sites for hydroxylation is 1. The van der Waals surface area contributed by atoms with Gasteiger partial charge in [0.15, 0.2) is 0 Å². The first kappa shape index (κ1) is 15.9. The predicted octanol–water partition coefficient (Wildman–Crippen LogP) is 2.03. The van der Waals surface area contributed by atoms with E-state index in [1.807, 2.05) is 17.7 Å². The van der Waals surface area contributed by atoms with Crippen molar-refractivity contribution < 1.29 is 13.2 Å². The Bertz CT molecular complexity index is 670. The highest BCUT2D eigenvalue weighted by Gasteiger charge is 2.19. The highest BCUT2D eigenvalue weighted by molar-refractivity contribution is 7.90. The molecule has 0 saturated carbocycles. The van der Waals surface area contributed by atoms with Crippen molar-refractivity contribution in [2.24, 2.45) is 0 Å². The molecule has 0 fully saturated rings. The van der Waals surface area contributed by atoms with Crippen LogP contribution < -0.4 is 4.72 Å². The molecular weight excluding hydrogens is 276 g/mol. The van der Waals surface area contributed by atoms with Gasteiger partial charge >= 0.3 is 0 Å². The minimum absolute atomic E-state index is 0.0613. The zero-order chi connectivity index (χ0) is 15.2. The summed E-state index contributed by atoms with van der Waals surface area (Å²) in [6.45, 7) is 3.56. The highest BCUT2D eigenvalue weighted by Crippen LogP contribution is 2.16. The normalized spacial score (nSPS) is 11.2. The maximum absolute atomic E-state index is 12.1. The molecule has 0 bridgehead atoms. The number of hydrogen-bond donors (Lipinski definition) is 1. The quantitative estimate of drug-likeness (QED) is 0.841. The Morgan fingerprint density at radius 3 is 2.75 bits per heavy atom. The molecule has 0 aliphatic carbocycles. The van der Waals surface area contributed by atoms with Crippen molar-refractivity contribution in [3.63, 3.8) is 0 Å². The summed E-state index contributed by atoms with van der Waals surface area (Å²) >= 11 is 0. The van der Waals surface area contributed by atoms with Gasteiger partial charge in [-0.3, -0.25) is 4.79 Å². The molecule has 0 atom stereocenters. The third kappa shape index (κ3) is 4.21. The third-order valence-corrected chi connectivity index (χ3v) is 4.06. The van der Waals surface area contributed by atoms with Crippen molar-refractivity contribution in [1.29, 1.82) is 5.26 Å². The van der Waals surface area contributed by atoms with Gasteiger partial charge in [0.1, 0.15) is 0 Å². The van der Waals surface area contributed by atoms with E-state index in [-0.39, 0.29) is 10.5 Å². The highest BCUT2D eigenvalue weighted by atomic mass is 32.2. The summed E-state index contributed by atoms with van der Waals surface area (Å²) in [5, 5.41) is 8.80. The Hall–Kier alpha value is -2.13. The van der Waals surface area contributed by atoms with Crippen molar-refractivity contribution in [1.82, 2.24) is 4.72 Å². The molecule has 0 aliphatic heterocycles. The monoisotopic (exact) mass is 292 g/mol. The molecule has 1 N–H and O–H groups in total. The minimum atomic E-state index is -3.96. The van der Waals surface area contributed by atoms with E-state index < -0.39 is 15.9 Å². The predicted molar refractivity (Wildman–Crippen MR) is 75.3 cm³/mol. The summed E-state index contributed by atoms with van der Waals surface area (Å²) in [5.41, 5.74) is 0.701. The minimum Gasteiger partial charge on any atom is -0.269 e. The number of hydrogen-bond acceptors (Lipinski definition) is 4. The van der Waals surface area contributed by atoms with Gasteiger partial charge in [-0.2, -0.15) is 5.26 Å². The number of nitrogens with zero attached hydrogens (tertiary/aromatic N) is 1. The molecule has 1 rings (SSSR count). The van der Waals surface area contributed by atoms with Crippen LogP contribution in [0.15, 0.2) is 35.2 Å². The van der Waals surface area contributed by atoms with Crippen molar-refractivity contribution in [2.75, 3.05) is 0 Å². The number of carbonyl (C=O) groups is 1. The molecule has 0 saturated heterocycles. The van der Waals surface area contributed by atoms with Crippen LogP contribution in [-0.4, -0.2) is 14.3 Å². The smallest absolute Gasteiger partial charge is 0.264 e. The second kappa shape index (κ2) is 6.87. The molecule has 1 aromatic rings. The van der Waals surface area contributed by atoms with E-state index in [1.165, 1.54) is 24.3 Å². The lowest BCUT2D eigenvalue weighted by Gasteiger charge is -2.08. The van der Waals surface area contributed by atoms with Gasteiger partial charge < -0.3 is 0 Å². The molecule has 1 aromatic carbocycles. The second-order valence-electron chi connectivity index (χ2n) is 4.25. The molecule has 1 amide bonds. The van der Waals surface area contributed by atoms with E-state index in [0.29, 0.717) is 12.0 Å². The van der Waals surface area contributed by atoms with Gasteiger partial charge in [0.2, 0.25) is 0 Å². The first-order valence-corrected chi connectivity index (χ1v) is 7.63. The maximum Gasteiger partial charge on any atom is 0.264 e. The number of nitrogens with one attached hydrogen (secondary N) is 1. The van der Waals surface area contributed by atoms with Gasteiger partial charge in [-0.15, -0.1) is 0 Å². The lowest BCUT2D eigenvalue weighted by molar-refractivity contribution is -0.114. The van der Waals surface area contributed by atoms with Crippen LogP contribution in [0.1, 0.15) is 30.9 Å².